The van der Waals surface area contributed by atoms with E-state index >= 15 is 0 Å². The SMILES string of the molecule is COc1ccc(OC)c(C(O)CNCC(O)C(N)=O)c1. The molecule has 0 bridgehead atoms. The number of aliphatic hydroxyl groups excluding tert-OH is 2. The molecule has 0 aliphatic rings. The van der Waals surface area contributed by atoms with Crippen molar-refractivity contribution in [2.45, 2.75) is 12.2 Å². The van der Waals surface area contributed by atoms with Crippen molar-refractivity contribution >= 4 is 5.91 Å². The lowest BCUT2D eigenvalue weighted by Gasteiger charge is -2.17. The van der Waals surface area contributed by atoms with Crippen molar-refractivity contribution in [3.63, 3.8) is 0 Å². The van der Waals surface area contributed by atoms with E-state index in [2.05, 4.69) is 5.32 Å². The molecule has 0 spiro atoms. The second-order valence-electron chi connectivity index (χ2n) is 4.20. The topological polar surface area (TPSA) is 114 Å². The van der Waals surface area contributed by atoms with Gasteiger partial charge in [-0.1, -0.05) is 0 Å². The standard InChI is InChI=1S/C13H20N2O5/c1-19-8-3-4-12(20-2)9(5-8)10(16)6-15-7-11(17)13(14)18/h3-5,10-11,15-17H,6-7H2,1-2H3,(H2,14,18). The van der Waals surface area contributed by atoms with Gasteiger partial charge in [0.2, 0.25) is 5.91 Å². The van der Waals surface area contributed by atoms with E-state index in [-0.39, 0.29) is 13.1 Å². The van der Waals surface area contributed by atoms with Crippen LogP contribution < -0.4 is 20.5 Å². The molecule has 1 amide bonds. The first kappa shape index (κ1) is 16.2. The van der Waals surface area contributed by atoms with Gasteiger partial charge in [0.05, 0.1) is 20.3 Å². The van der Waals surface area contributed by atoms with E-state index < -0.39 is 18.1 Å². The van der Waals surface area contributed by atoms with Crippen molar-refractivity contribution in [1.82, 2.24) is 5.32 Å². The minimum absolute atomic E-state index is 0.0291. The Balaban J connectivity index is 2.66. The molecule has 1 rings (SSSR count). The molecule has 1 aromatic rings. The highest BCUT2D eigenvalue weighted by molar-refractivity contribution is 5.78. The summed E-state index contributed by atoms with van der Waals surface area (Å²) in [5, 5.41) is 22.1. The van der Waals surface area contributed by atoms with Crippen molar-refractivity contribution in [2.24, 2.45) is 5.73 Å². The van der Waals surface area contributed by atoms with Gasteiger partial charge in [-0.15, -0.1) is 0 Å². The predicted octanol–water partition coefficient (Wildman–Crippen LogP) is -0.827. The number of aliphatic hydroxyl groups is 2. The number of amides is 1. The number of hydrogen-bond donors (Lipinski definition) is 4. The minimum atomic E-state index is -1.28. The second-order valence-corrected chi connectivity index (χ2v) is 4.20. The third-order valence-electron chi connectivity index (χ3n) is 2.80. The van der Waals surface area contributed by atoms with Gasteiger partial charge in [-0.2, -0.15) is 0 Å². The van der Waals surface area contributed by atoms with Crippen LogP contribution in [0.4, 0.5) is 0 Å². The molecule has 2 unspecified atom stereocenters. The Bertz CT molecular complexity index is 452. The van der Waals surface area contributed by atoms with Crippen molar-refractivity contribution in [1.29, 1.82) is 0 Å². The summed E-state index contributed by atoms with van der Waals surface area (Å²) in [6.45, 7) is 0.104. The summed E-state index contributed by atoms with van der Waals surface area (Å²) in [6.07, 6.45) is -2.16. The molecule has 0 aliphatic heterocycles. The number of methoxy groups -OCH3 is 2. The van der Waals surface area contributed by atoms with E-state index in [0.717, 1.165) is 0 Å². The number of ether oxygens (including phenoxy) is 2. The molecule has 0 saturated carbocycles. The first-order chi connectivity index (χ1) is 9.49. The van der Waals surface area contributed by atoms with Crippen LogP contribution in [0.15, 0.2) is 18.2 Å². The average Bonchev–Trinajstić information content (AvgIpc) is 2.45. The third-order valence-corrected chi connectivity index (χ3v) is 2.80. The maximum atomic E-state index is 10.7. The highest BCUT2D eigenvalue weighted by atomic mass is 16.5. The van der Waals surface area contributed by atoms with E-state index in [0.29, 0.717) is 17.1 Å². The Morgan fingerprint density at radius 3 is 2.55 bits per heavy atom. The van der Waals surface area contributed by atoms with Crippen molar-refractivity contribution in [2.75, 3.05) is 27.3 Å². The van der Waals surface area contributed by atoms with E-state index in [1.165, 1.54) is 14.2 Å². The number of carbonyl (C=O) groups is 1. The fraction of sp³-hybridized carbons (Fsp3) is 0.462. The maximum Gasteiger partial charge on any atom is 0.247 e. The van der Waals surface area contributed by atoms with E-state index in [9.17, 15) is 15.0 Å². The number of carbonyl (C=O) groups excluding carboxylic acids is 1. The number of rotatable bonds is 8. The van der Waals surface area contributed by atoms with Gasteiger partial charge < -0.3 is 30.7 Å². The minimum Gasteiger partial charge on any atom is -0.497 e. The quantitative estimate of drug-likeness (QED) is 0.495. The largest absolute Gasteiger partial charge is 0.497 e. The molecule has 7 heteroatoms. The lowest BCUT2D eigenvalue weighted by Crippen LogP contribution is -2.38. The van der Waals surface area contributed by atoms with Gasteiger partial charge in [-0.05, 0) is 18.2 Å². The van der Waals surface area contributed by atoms with Gasteiger partial charge in [0.1, 0.15) is 17.6 Å². The van der Waals surface area contributed by atoms with Gasteiger partial charge >= 0.3 is 0 Å². The number of hydrogen-bond acceptors (Lipinski definition) is 6. The van der Waals surface area contributed by atoms with Gasteiger partial charge in [0, 0.05) is 18.7 Å². The zero-order chi connectivity index (χ0) is 15.1. The van der Waals surface area contributed by atoms with Crippen molar-refractivity contribution < 1.29 is 24.5 Å². The van der Waals surface area contributed by atoms with Crippen LogP contribution in [0.2, 0.25) is 0 Å². The normalized spacial score (nSPS) is 13.6. The summed E-state index contributed by atoms with van der Waals surface area (Å²) in [5.74, 6) is 0.304. The number of nitrogens with two attached hydrogens (primary N) is 1. The fourth-order valence-electron chi connectivity index (χ4n) is 1.67. The molecule has 0 aromatic heterocycles. The smallest absolute Gasteiger partial charge is 0.247 e. The Kier molecular flexibility index (Phi) is 6.23. The summed E-state index contributed by atoms with van der Waals surface area (Å²) in [6, 6.07) is 5.07. The molecular formula is C13H20N2O5. The highest BCUT2D eigenvalue weighted by Crippen LogP contribution is 2.28. The average molecular weight is 284 g/mol. The highest BCUT2D eigenvalue weighted by Gasteiger charge is 2.16. The van der Waals surface area contributed by atoms with Crippen molar-refractivity contribution in [3.05, 3.63) is 23.8 Å². The van der Waals surface area contributed by atoms with Crippen molar-refractivity contribution in [3.8, 4) is 11.5 Å². The van der Waals surface area contributed by atoms with Crippen LogP contribution in [-0.4, -0.2) is 49.5 Å². The van der Waals surface area contributed by atoms with E-state index in [1.807, 2.05) is 0 Å². The van der Waals surface area contributed by atoms with Crippen LogP contribution in [0.5, 0.6) is 11.5 Å². The van der Waals surface area contributed by atoms with Gasteiger partial charge in [-0.25, -0.2) is 0 Å². The molecule has 7 nitrogen and oxygen atoms in total. The Morgan fingerprint density at radius 2 is 2.00 bits per heavy atom. The predicted molar refractivity (Wildman–Crippen MR) is 72.6 cm³/mol. The Labute approximate surface area is 117 Å². The summed E-state index contributed by atoms with van der Waals surface area (Å²) >= 11 is 0. The van der Waals surface area contributed by atoms with Gasteiger partial charge in [0.15, 0.2) is 0 Å². The number of nitrogens with one attached hydrogen (secondary N) is 1. The lowest BCUT2D eigenvalue weighted by atomic mass is 10.1. The van der Waals surface area contributed by atoms with Crippen LogP contribution in [0, 0.1) is 0 Å². The molecule has 0 saturated heterocycles. The number of benzene rings is 1. The van der Waals surface area contributed by atoms with Crippen LogP contribution in [-0.2, 0) is 4.79 Å². The van der Waals surface area contributed by atoms with E-state index in [4.69, 9.17) is 15.2 Å². The third kappa shape index (κ3) is 4.37. The first-order valence-corrected chi connectivity index (χ1v) is 6.07. The van der Waals surface area contributed by atoms with Crippen LogP contribution in [0.25, 0.3) is 0 Å². The van der Waals surface area contributed by atoms with Crippen LogP contribution in [0.3, 0.4) is 0 Å². The first-order valence-electron chi connectivity index (χ1n) is 6.07. The summed E-state index contributed by atoms with van der Waals surface area (Å²) in [5.41, 5.74) is 5.47. The second kappa shape index (κ2) is 7.68. The van der Waals surface area contributed by atoms with Gasteiger partial charge in [-0.3, -0.25) is 4.79 Å². The summed E-state index contributed by atoms with van der Waals surface area (Å²) in [7, 11) is 3.03. The Morgan fingerprint density at radius 1 is 1.30 bits per heavy atom. The summed E-state index contributed by atoms with van der Waals surface area (Å²) < 4.78 is 10.3. The van der Waals surface area contributed by atoms with Crippen LogP contribution in [0.1, 0.15) is 11.7 Å². The molecular weight excluding hydrogens is 264 g/mol. The molecule has 2 atom stereocenters. The zero-order valence-corrected chi connectivity index (χ0v) is 11.5. The number of primary amides is 1. The zero-order valence-electron chi connectivity index (χ0n) is 11.5. The molecule has 5 N–H and O–H groups in total. The summed E-state index contributed by atoms with van der Waals surface area (Å²) in [4.78, 5) is 10.7. The molecule has 112 valence electrons. The molecule has 0 fully saturated rings. The Hall–Kier alpha value is -1.83. The molecule has 1 aromatic carbocycles. The molecule has 0 radical (unpaired) electrons. The van der Waals surface area contributed by atoms with Gasteiger partial charge in [0.25, 0.3) is 0 Å². The fourth-order valence-corrected chi connectivity index (χ4v) is 1.67. The molecule has 0 heterocycles. The van der Waals surface area contributed by atoms with E-state index in [1.54, 1.807) is 18.2 Å². The molecule has 20 heavy (non-hydrogen) atoms. The molecule has 0 aliphatic carbocycles. The lowest BCUT2D eigenvalue weighted by molar-refractivity contribution is -0.125. The monoisotopic (exact) mass is 284 g/mol. The maximum absolute atomic E-state index is 10.7. The van der Waals surface area contributed by atoms with Crippen LogP contribution >= 0.6 is 0 Å².